The largest absolute Gasteiger partial charge is 0.375 e. The molecule has 4 rings (SSSR count). The zero-order valence-corrected chi connectivity index (χ0v) is 11.2. The second-order valence-electron chi connectivity index (χ2n) is 7.19. The summed E-state index contributed by atoms with van der Waals surface area (Å²) in [6.45, 7) is 0.976. The van der Waals surface area contributed by atoms with Crippen LogP contribution in [0.15, 0.2) is 0 Å². The lowest BCUT2D eigenvalue weighted by Crippen LogP contribution is -2.56. The van der Waals surface area contributed by atoms with E-state index in [2.05, 4.69) is 6.07 Å². The Balaban J connectivity index is 1.52. The summed E-state index contributed by atoms with van der Waals surface area (Å²) < 4.78 is 6.27. The van der Waals surface area contributed by atoms with Crippen molar-refractivity contribution in [3.63, 3.8) is 0 Å². The molecule has 1 aliphatic heterocycles. The van der Waals surface area contributed by atoms with Crippen molar-refractivity contribution in [2.75, 3.05) is 6.61 Å². The number of nitriles is 1. The Morgan fingerprint density at radius 2 is 1.72 bits per heavy atom. The van der Waals surface area contributed by atoms with Gasteiger partial charge in [0.2, 0.25) is 0 Å². The zero-order valence-electron chi connectivity index (χ0n) is 11.2. The average molecular weight is 245 g/mol. The van der Waals surface area contributed by atoms with Crippen LogP contribution in [-0.2, 0) is 4.74 Å². The van der Waals surface area contributed by atoms with E-state index in [1.165, 1.54) is 32.1 Å². The second-order valence-corrected chi connectivity index (χ2v) is 7.19. The van der Waals surface area contributed by atoms with Gasteiger partial charge < -0.3 is 4.74 Å². The lowest BCUT2D eigenvalue weighted by molar-refractivity contribution is -0.198. The molecule has 0 amide bonds. The molecule has 0 N–H and O–H groups in total. The Hall–Kier alpha value is -0.550. The van der Waals surface area contributed by atoms with Gasteiger partial charge in [-0.1, -0.05) is 0 Å². The molecule has 0 radical (unpaired) electrons. The summed E-state index contributed by atoms with van der Waals surface area (Å²) in [7, 11) is 0. The molecular weight excluding hydrogens is 222 g/mol. The molecular formula is C16H23NO. The number of hydrogen-bond donors (Lipinski definition) is 0. The maximum atomic E-state index is 9.58. The van der Waals surface area contributed by atoms with Crippen LogP contribution in [0, 0.1) is 34.5 Å². The first-order chi connectivity index (χ1) is 8.78. The van der Waals surface area contributed by atoms with E-state index in [0.29, 0.717) is 0 Å². The standard InChI is InChI=1S/C16H23NO/c17-11-15(13-2-3-13)6-8-16(9-7-15)14-4-1-12(14)5-10-18-16/h12-14H,1-10H2. The first-order valence-electron chi connectivity index (χ1n) is 7.83. The molecule has 2 nitrogen and oxygen atoms in total. The molecule has 4 fully saturated rings. The lowest BCUT2D eigenvalue weighted by Gasteiger charge is -2.57. The van der Waals surface area contributed by atoms with Crippen molar-refractivity contribution >= 4 is 0 Å². The van der Waals surface area contributed by atoms with E-state index in [9.17, 15) is 5.26 Å². The van der Waals surface area contributed by atoms with Gasteiger partial charge in [0.1, 0.15) is 0 Å². The van der Waals surface area contributed by atoms with Crippen LogP contribution in [-0.4, -0.2) is 12.2 Å². The molecule has 4 aliphatic rings. The molecule has 2 atom stereocenters. The van der Waals surface area contributed by atoms with Crippen LogP contribution in [0.3, 0.4) is 0 Å². The molecule has 0 aromatic heterocycles. The zero-order chi connectivity index (χ0) is 12.2. The number of rotatable bonds is 1. The van der Waals surface area contributed by atoms with Crippen molar-refractivity contribution in [1.82, 2.24) is 0 Å². The van der Waals surface area contributed by atoms with Crippen molar-refractivity contribution in [1.29, 1.82) is 5.26 Å². The van der Waals surface area contributed by atoms with Crippen LogP contribution in [0.2, 0.25) is 0 Å². The molecule has 2 unspecified atom stereocenters. The van der Waals surface area contributed by atoms with E-state index in [1.807, 2.05) is 0 Å². The van der Waals surface area contributed by atoms with Crippen LogP contribution in [0.25, 0.3) is 0 Å². The van der Waals surface area contributed by atoms with Crippen LogP contribution >= 0.6 is 0 Å². The minimum absolute atomic E-state index is 0.0330. The molecule has 0 aromatic carbocycles. The Bertz CT molecular complexity index is 384. The summed E-state index contributed by atoms with van der Waals surface area (Å²) in [5.74, 6) is 2.51. The van der Waals surface area contributed by atoms with E-state index >= 15 is 0 Å². The third-order valence-corrected chi connectivity index (χ3v) is 6.54. The van der Waals surface area contributed by atoms with E-state index in [-0.39, 0.29) is 11.0 Å². The topological polar surface area (TPSA) is 33.0 Å². The summed E-state index contributed by atoms with van der Waals surface area (Å²) in [5, 5.41) is 9.58. The van der Waals surface area contributed by atoms with E-state index in [4.69, 9.17) is 4.74 Å². The van der Waals surface area contributed by atoms with Gasteiger partial charge >= 0.3 is 0 Å². The molecule has 0 aromatic rings. The van der Waals surface area contributed by atoms with Crippen LogP contribution < -0.4 is 0 Å². The van der Waals surface area contributed by atoms with Gasteiger partial charge in [0.25, 0.3) is 0 Å². The van der Waals surface area contributed by atoms with E-state index in [1.54, 1.807) is 0 Å². The predicted octanol–water partition coefficient (Wildman–Crippen LogP) is 3.67. The van der Waals surface area contributed by atoms with Crippen molar-refractivity contribution in [3.05, 3.63) is 0 Å². The van der Waals surface area contributed by atoms with Gasteiger partial charge in [-0.3, -0.25) is 0 Å². The Morgan fingerprint density at radius 1 is 0.944 bits per heavy atom. The molecule has 1 heterocycles. The summed E-state index contributed by atoms with van der Waals surface area (Å²) in [6.07, 6.45) is 11.3. The van der Waals surface area contributed by atoms with Crippen LogP contribution in [0.5, 0.6) is 0 Å². The molecule has 98 valence electrons. The molecule has 2 heteroatoms. The fraction of sp³-hybridized carbons (Fsp3) is 0.938. The Morgan fingerprint density at radius 3 is 2.28 bits per heavy atom. The maximum Gasteiger partial charge on any atom is 0.0714 e. The average Bonchev–Trinajstić information content (AvgIpc) is 3.18. The Labute approximate surface area is 110 Å². The van der Waals surface area contributed by atoms with Crippen molar-refractivity contribution < 1.29 is 4.74 Å². The summed E-state index contributed by atoms with van der Waals surface area (Å²) in [6, 6.07) is 2.69. The molecule has 1 saturated heterocycles. The van der Waals surface area contributed by atoms with Crippen molar-refractivity contribution in [2.24, 2.45) is 23.2 Å². The minimum atomic E-state index is 0.0330. The van der Waals surface area contributed by atoms with Gasteiger partial charge in [-0.2, -0.15) is 5.26 Å². The van der Waals surface area contributed by atoms with Crippen molar-refractivity contribution in [2.45, 2.75) is 63.4 Å². The fourth-order valence-corrected chi connectivity index (χ4v) is 5.01. The van der Waals surface area contributed by atoms with Crippen LogP contribution in [0.1, 0.15) is 57.8 Å². The number of nitrogens with zero attached hydrogens (tertiary/aromatic N) is 1. The van der Waals surface area contributed by atoms with E-state index in [0.717, 1.165) is 50.0 Å². The quantitative estimate of drug-likeness (QED) is 0.706. The number of ether oxygens (including phenoxy) is 1. The minimum Gasteiger partial charge on any atom is -0.375 e. The SMILES string of the molecule is N#CC1(C2CC2)CCC2(CC1)OCCC1CCC12. The molecule has 1 spiro atoms. The number of fused-ring (bicyclic) bond motifs is 2. The summed E-state index contributed by atoms with van der Waals surface area (Å²) >= 11 is 0. The first-order valence-corrected chi connectivity index (χ1v) is 7.83. The number of hydrogen-bond acceptors (Lipinski definition) is 2. The highest BCUT2D eigenvalue weighted by Gasteiger charge is 2.57. The molecule has 0 bridgehead atoms. The van der Waals surface area contributed by atoms with Crippen molar-refractivity contribution in [3.8, 4) is 6.07 Å². The maximum absolute atomic E-state index is 9.58. The predicted molar refractivity (Wildman–Crippen MR) is 68.8 cm³/mol. The summed E-state index contributed by atoms with van der Waals surface area (Å²) in [5.41, 5.74) is 0.224. The smallest absolute Gasteiger partial charge is 0.0714 e. The van der Waals surface area contributed by atoms with E-state index < -0.39 is 0 Å². The van der Waals surface area contributed by atoms with Gasteiger partial charge in [-0.15, -0.1) is 0 Å². The highest BCUT2D eigenvalue weighted by atomic mass is 16.5. The molecule has 3 saturated carbocycles. The normalized spacial score (nSPS) is 51.3. The Kier molecular flexibility index (Phi) is 2.34. The van der Waals surface area contributed by atoms with Gasteiger partial charge in [0, 0.05) is 6.61 Å². The second kappa shape index (κ2) is 3.73. The highest BCUT2D eigenvalue weighted by molar-refractivity contribution is 5.14. The fourth-order valence-electron chi connectivity index (χ4n) is 5.01. The molecule has 18 heavy (non-hydrogen) atoms. The highest BCUT2D eigenvalue weighted by Crippen LogP contribution is 2.60. The van der Waals surface area contributed by atoms with Gasteiger partial charge in [-0.05, 0) is 75.5 Å². The van der Waals surface area contributed by atoms with Gasteiger partial charge in [-0.25, -0.2) is 0 Å². The monoisotopic (exact) mass is 245 g/mol. The molecule has 3 aliphatic carbocycles. The lowest BCUT2D eigenvalue weighted by atomic mass is 9.55. The van der Waals surface area contributed by atoms with Gasteiger partial charge in [0.15, 0.2) is 0 Å². The summed E-state index contributed by atoms with van der Waals surface area (Å²) in [4.78, 5) is 0. The van der Waals surface area contributed by atoms with Gasteiger partial charge in [0.05, 0.1) is 17.1 Å². The van der Waals surface area contributed by atoms with Crippen LogP contribution in [0.4, 0.5) is 0 Å². The first kappa shape index (κ1) is 11.3. The third kappa shape index (κ3) is 1.43. The third-order valence-electron chi connectivity index (χ3n) is 6.54.